The highest BCUT2D eigenvalue weighted by molar-refractivity contribution is 5.48. The van der Waals surface area contributed by atoms with Crippen molar-refractivity contribution >= 4 is 5.82 Å². The van der Waals surface area contributed by atoms with Gasteiger partial charge in [0.05, 0.1) is 0 Å². The van der Waals surface area contributed by atoms with Crippen molar-refractivity contribution in [3.8, 4) is 0 Å². The number of allylic oxidation sites excluding steroid dienone is 1. The van der Waals surface area contributed by atoms with Crippen LogP contribution in [-0.2, 0) is 12.8 Å². The summed E-state index contributed by atoms with van der Waals surface area (Å²) in [7, 11) is 0. The van der Waals surface area contributed by atoms with Crippen molar-refractivity contribution in [2.45, 2.75) is 44.6 Å². The Kier molecular flexibility index (Phi) is 2.60. The first-order chi connectivity index (χ1) is 7.93. The Morgan fingerprint density at radius 3 is 3.06 bits per heavy atom. The van der Waals surface area contributed by atoms with Crippen LogP contribution in [0.4, 0.5) is 5.82 Å². The van der Waals surface area contributed by atoms with Crippen molar-refractivity contribution in [2.24, 2.45) is 0 Å². The number of anilines is 1. The molecule has 1 unspecified atom stereocenters. The number of rotatable bonds is 2. The number of aryl methyl sites for hydroxylation is 1. The highest BCUT2D eigenvalue weighted by Gasteiger charge is 2.19. The van der Waals surface area contributed by atoms with Crippen LogP contribution in [0.15, 0.2) is 18.5 Å². The first kappa shape index (κ1) is 9.82. The molecule has 1 aromatic rings. The smallest absolute Gasteiger partial charge is 0.133 e. The van der Waals surface area contributed by atoms with Crippen LogP contribution in [0.5, 0.6) is 0 Å². The molecule has 1 aromatic heterocycles. The molecule has 1 N–H and O–H groups in total. The van der Waals surface area contributed by atoms with Crippen molar-refractivity contribution in [1.29, 1.82) is 0 Å². The van der Waals surface area contributed by atoms with Gasteiger partial charge in [-0.15, -0.1) is 0 Å². The molecule has 3 nitrogen and oxygen atoms in total. The van der Waals surface area contributed by atoms with Gasteiger partial charge >= 0.3 is 0 Å². The van der Waals surface area contributed by atoms with E-state index in [-0.39, 0.29) is 0 Å². The molecule has 1 atom stereocenters. The standard InChI is InChI=1S/C13H17N3/c1-2-5-10(6-3-1)16-13-11-7-4-8-12(11)14-9-15-13/h1-2,9-10H,3-8H2,(H,14,15,16). The molecule has 0 spiro atoms. The topological polar surface area (TPSA) is 37.8 Å². The summed E-state index contributed by atoms with van der Waals surface area (Å²) in [5.41, 5.74) is 2.61. The Balaban J connectivity index is 1.79. The maximum Gasteiger partial charge on any atom is 0.133 e. The van der Waals surface area contributed by atoms with E-state index in [0.29, 0.717) is 6.04 Å². The molecular weight excluding hydrogens is 198 g/mol. The Labute approximate surface area is 96.0 Å². The van der Waals surface area contributed by atoms with Crippen LogP contribution >= 0.6 is 0 Å². The zero-order chi connectivity index (χ0) is 10.8. The maximum atomic E-state index is 4.40. The van der Waals surface area contributed by atoms with Gasteiger partial charge in [0.2, 0.25) is 0 Å². The number of nitrogens with one attached hydrogen (secondary N) is 1. The van der Waals surface area contributed by atoms with Crippen LogP contribution in [0.2, 0.25) is 0 Å². The van der Waals surface area contributed by atoms with Gasteiger partial charge in [0.1, 0.15) is 12.1 Å². The van der Waals surface area contributed by atoms with Gasteiger partial charge in [-0.2, -0.15) is 0 Å². The van der Waals surface area contributed by atoms with E-state index < -0.39 is 0 Å². The average molecular weight is 215 g/mol. The lowest BCUT2D eigenvalue weighted by molar-refractivity contribution is 0.640. The normalized spacial score (nSPS) is 23.1. The highest BCUT2D eigenvalue weighted by atomic mass is 15.0. The average Bonchev–Trinajstić information content (AvgIpc) is 2.80. The van der Waals surface area contributed by atoms with Gasteiger partial charge in [0.25, 0.3) is 0 Å². The molecule has 0 fully saturated rings. The van der Waals surface area contributed by atoms with E-state index in [1.54, 1.807) is 6.33 Å². The Morgan fingerprint density at radius 1 is 1.19 bits per heavy atom. The van der Waals surface area contributed by atoms with Crippen LogP contribution in [0.3, 0.4) is 0 Å². The fourth-order valence-electron chi connectivity index (χ4n) is 2.60. The molecule has 84 valence electrons. The quantitative estimate of drug-likeness (QED) is 0.770. The number of hydrogen-bond donors (Lipinski definition) is 1. The largest absolute Gasteiger partial charge is 0.367 e. The van der Waals surface area contributed by atoms with E-state index in [1.165, 1.54) is 30.5 Å². The molecule has 2 aliphatic rings. The second-order valence-electron chi connectivity index (χ2n) is 4.63. The van der Waals surface area contributed by atoms with Crippen LogP contribution < -0.4 is 5.32 Å². The Bertz CT molecular complexity index is 412. The molecule has 0 bridgehead atoms. The third-order valence-electron chi connectivity index (χ3n) is 3.48. The minimum Gasteiger partial charge on any atom is -0.367 e. The SMILES string of the molecule is C1=CCC(Nc2ncnc3c2CCC3)CC1. The monoisotopic (exact) mass is 215 g/mol. The summed E-state index contributed by atoms with van der Waals surface area (Å²) in [4.78, 5) is 8.75. The van der Waals surface area contributed by atoms with Gasteiger partial charge in [-0.1, -0.05) is 12.2 Å². The van der Waals surface area contributed by atoms with Crippen LogP contribution in [0.1, 0.15) is 36.9 Å². The zero-order valence-electron chi connectivity index (χ0n) is 9.45. The van der Waals surface area contributed by atoms with Gasteiger partial charge in [-0.05, 0) is 38.5 Å². The van der Waals surface area contributed by atoms with Gasteiger partial charge < -0.3 is 5.32 Å². The number of fused-ring (bicyclic) bond motifs is 1. The summed E-state index contributed by atoms with van der Waals surface area (Å²) in [5.74, 6) is 1.09. The number of aromatic nitrogens is 2. The molecule has 0 saturated carbocycles. The summed E-state index contributed by atoms with van der Waals surface area (Å²) in [5, 5.41) is 3.58. The third-order valence-corrected chi connectivity index (χ3v) is 3.48. The lowest BCUT2D eigenvalue weighted by atomic mass is 10.0. The van der Waals surface area contributed by atoms with Crippen molar-refractivity contribution in [2.75, 3.05) is 5.32 Å². The van der Waals surface area contributed by atoms with E-state index in [1.807, 2.05) is 0 Å². The Hall–Kier alpha value is -1.38. The fraction of sp³-hybridized carbons (Fsp3) is 0.538. The fourth-order valence-corrected chi connectivity index (χ4v) is 2.60. The maximum absolute atomic E-state index is 4.40. The summed E-state index contributed by atoms with van der Waals surface area (Å²) in [6, 6.07) is 0.560. The van der Waals surface area contributed by atoms with E-state index in [0.717, 1.165) is 25.1 Å². The molecule has 0 aliphatic heterocycles. The van der Waals surface area contributed by atoms with Crippen LogP contribution in [-0.4, -0.2) is 16.0 Å². The first-order valence-electron chi connectivity index (χ1n) is 6.18. The predicted molar refractivity (Wildman–Crippen MR) is 64.5 cm³/mol. The van der Waals surface area contributed by atoms with Crippen LogP contribution in [0, 0.1) is 0 Å². The number of hydrogen-bond acceptors (Lipinski definition) is 3. The van der Waals surface area contributed by atoms with E-state index in [4.69, 9.17) is 0 Å². The summed E-state index contributed by atoms with van der Waals surface area (Å²) in [6.07, 6.45) is 13.3. The number of nitrogens with zero attached hydrogens (tertiary/aromatic N) is 2. The Morgan fingerprint density at radius 2 is 2.19 bits per heavy atom. The molecule has 16 heavy (non-hydrogen) atoms. The lowest BCUT2D eigenvalue weighted by Gasteiger charge is -2.21. The molecule has 1 heterocycles. The highest BCUT2D eigenvalue weighted by Crippen LogP contribution is 2.26. The van der Waals surface area contributed by atoms with Gasteiger partial charge in [-0.3, -0.25) is 0 Å². The van der Waals surface area contributed by atoms with E-state index in [2.05, 4.69) is 27.4 Å². The molecule has 3 heteroatoms. The predicted octanol–water partition coefficient (Wildman–Crippen LogP) is 2.49. The van der Waals surface area contributed by atoms with Crippen molar-refractivity contribution in [1.82, 2.24) is 9.97 Å². The molecule has 2 aliphatic carbocycles. The summed E-state index contributed by atoms with van der Waals surface area (Å²) in [6.45, 7) is 0. The minimum atomic E-state index is 0.560. The van der Waals surface area contributed by atoms with E-state index in [9.17, 15) is 0 Å². The summed E-state index contributed by atoms with van der Waals surface area (Å²) >= 11 is 0. The van der Waals surface area contributed by atoms with Gasteiger partial charge in [0.15, 0.2) is 0 Å². The molecule has 0 amide bonds. The van der Waals surface area contributed by atoms with Gasteiger partial charge in [-0.25, -0.2) is 9.97 Å². The molecular formula is C13H17N3. The van der Waals surface area contributed by atoms with E-state index >= 15 is 0 Å². The second kappa shape index (κ2) is 4.24. The summed E-state index contributed by atoms with van der Waals surface area (Å²) < 4.78 is 0. The van der Waals surface area contributed by atoms with Gasteiger partial charge in [0, 0.05) is 17.3 Å². The minimum absolute atomic E-state index is 0.560. The molecule has 0 saturated heterocycles. The lowest BCUT2D eigenvalue weighted by Crippen LogP contribution is -2.22. The second-order valence-corrected chi connectivity index (χ2v) is 4.63. The van der Waals surface area contributed by atoms with Crippen LogP contribution in [0.25, 0.3) is 0 Å². The van der Waals surface area contributed by atoms with Crippen molar-refractivity contribution in [3.05, 3.63) is 29.7 Å². The zero-order valence-corrected chi connectivity index (χ0v) is 9.45. The van der Waals surface area contributed by atoms with Crippen molar-refractivity contribution < 1.29 is 0 Å². The molecule has 0 radical (unpaired) electrons. The molecule has 3 rings (SSSR count). The molecule has 0 aromatic carbocycles. The third kappa shape index (κ3) is 1.82. The van der Waals surface area contributed by atoms with Crippen molar-refractivity contribution in [3.63, 3.8) is 0 Å². The first-order valence-corrected chi connectivity index (χ1v) is 6.18.